The van der Waals surface area contributed by atoms with Gasteiger partial charge >= 0.3 is 0 Å². The number of nitriles is 1. The van der Waals surface area contributed by atoms with Crippen LogP contribution in [0.15, 0.2) is 46.7 Å². The van der Waals surface area contributed by atoms with E-state index >= 15 is 0 Å². The van der Waals surface area contributed by atoms with Crippen molar-refractivity contribution < 1.29 is 0 Å². The van der Waals surface area contributed by atoms with Gasteiger partial charge in [0.15, 0.2) is 5.82 Å². The first kappa shape index (κ1) is 17.7. The molecule has 0 atom stereocenters. The number of rotatable bonds is 3. The van der Waals surface area contributed by atoms with Crippen LogP contribution in [-0.2, 0) is 11.3 Å². The molecule has 0 unspecified atom stereocenters. The zero-order valence-electron chi connectivity index (χ0n) is 14.4. The molecule has 5 rings (SSSR count). The number of hydrogen-bond donors (Lipinski definition) is 0. The molecule has 138 valence electrons. The standard InChI is InChI=1S/C18H12ClN7S2/c19-13-2-1-11(12(7-13)9-20)10-27-17-23-18(3-4-18)14-8-15(24-25-16(14)28-17)26-21-5-6-22-26/h1-2,5-8H,3-4,10H2. The van der Waals surface area contributed by atoms with Crippen LogP contribution in [0.2, 0.25) is 5.02 Å². The quantitative estimate of drug-likeness (QED) is 0.626. The smallest absolute Gasteiger partial charge is 0.196 e. The Balaban J connectivity index is 1.40. The van der Waals surface area contributed by atoms with Crippen LogP contribution >= 0.6 is 35.1 Å². The van der Waals surface area contributed by atoms with E-state index in [1.54, 1.807) is 30.2 Å². The van der Waals surface area contributed by atoms with E-state index in [1.807, 2.05) is 18.2 Å². The molecule has 0 saturated heterocycles. The summed E-state index contributed by atoms with van der Waals surface area (Å²) in [7, 11) is 0. The van der Waals surface area contributed by atoms with E-state index in [0.29, 0.717) is 22.2 Å². The maximum Gasteiger partial charge on any atom is 0.196 e. The minimum absolute atomic E-state index is 0.210. The molecule has 3 heterocycles. The van der Waals surface area contributed by atoms with Crippen LogP contribution in [-0.4, -0.2) is 29.6 Å². The topological polar surface area (TPSA) is 92.6 Å². The fourth-order valence-corrected chi connectivity index (χ4v) is 5.45. The highest BCUT2D eigenvalue weighted by molar-refractivity contribution is 8.38. The molecule has 0 bridgehead atoms. The van der Waals surface area contributed by atoms with E-state index in [4.69, 9.17) is 16.6 Å². The third kappa shape index (κ3) is 3.17. The number of hydrogen-bond acceptors (Lipinski definition) is 8. The molecule has 1 fully saturated rings. The van der Waals surface area contributed by atoms with Gasteiger partial charge in [-0.3, -0.25) is 4.99 Å². The van der Waals surface area contributed by atoms with Crippen molar-refractivity contribution in [3.05, 3.63) is 58.4 Å². The summed E-state index contributed by atoms with van der Waals surface area (Å²) in [6, 6.07) is 9.59. The first-order valence-corrected chi connectivity index (χ1v) is 10.7. The largest absolute Gasteiger partial charge is 0.260 e. The summed E-state index contributed by atoms with van der Waals surface area (Å²) in [5, 5.41) is 27.7. The van der Waals surface area contributed by atoms with Crippen molar-refractivity contribution >= 4 is 39.5 Å². The molecule has 7 nitrogen and oxygen atoms in total. The van der Waals surface area contributed by atoms with Crippen molar-refractivity contribution in [1.82, 2.24) is 25.2 Å². The molecular weight excluding hydrogens is 414 g/mol. The van der Waals surface area contributed by atoms with Crippen LogP contribution < -0.4 is 0 Å². The van der Waals surface area contributed by atoms with Gasteiger partial charge in [-0.2, -0.15) is 15.5 Å². The first-order chi connectivity index (χ1) is 13.7. The molecule has 2 aliphatic rings. The molecule has 1 aliphatic heterocycles. The Hall–Kier alpha value is -2.41. The number of halogens is 1. The number of benzene rings is 1. The molecule has 0 N–H and O–H groups in total. The van der Waals surface area contributed by atoms with Gasteiger partial charge in [0.25, 0.3) is 0 Å². The Bertz CT molecular complexity index is 1130. The minimum Gasteiger partial charge on any atom is -0.260 e. The molecule has 2 aromatic heterocycles. The Labute approximate surface area is 174 Å². The Morgan fingerprint density at radius 2 is 2.04 bits per heavy atom. The monoisotopic (exact) mass is 425 g/mol. The van der Waals surface area contributed by atoms with Crippen LogP contribution in [0.25, 0.3) is 5.82 Å². The molecule has 10 heteroatoms. The van der Waals surface area contributed by atoms with E-state index in [9.17, 15) is 5.26 Å². The van der Waals surface area contributed by atoms with Gasteiger partial charge < -0.3 is 0 Å². The molecule has 28 heavy (non-hydrogen) atoms. The molecule has 1 aliphatic carbocycles. The lowest BCUT2D eigenvalue weighted by molar-refractivity contribution is 0.659. The van der Waals surface area contributed by atoms with Crippen LogP contribution in [0.3, 0.4) is 0 Å². The first-order valence-electron chi connectivity index (χ1n) is 8.51. The number of aromatic nitrogens is 5. The highest BCUT2D eigenvalue weighted by Gasteiger charge is 2.49. The lowest BCUT2D eigenvalue weighted by atomic mass is 10.1. The summed E-state index contributed by atoms with van der Waals surface area (Å²) >= 11 is 9.12. The average Bonchev–Trinajstić information content (AvgIpc) is 3.26. The van der Waals surface area contributed by atoms with Crippen molar-refractivity contribution in [2.45, 2.75) is 29.2 Å². The van der Waals surface area contributed by atoms with E-state index in [2.05, 4.69) is 26.5 Å². The fourth-order valence-electron chi connectivity index (χ4n) is 3.03. The molecule has 1 aromatic carbocycles. The molecule has 1 spiro atoms. The minimum atomic E-state index is -0.210. The Kier molecular flexibility index (Phi) is 4.34. The van der Waals surface area contributed by atoms with Gasteiger partial charge in [-0.05, 0) is 48.4 Å². The van der Waals surface area contributed by atoms with Gasteiger partial charge in [0, 0.05) is 16.3 Å². The van der Waals surface area contributed by atoms with Crippen molar-refractivity contribution in [3.8, 4) is 11.9 Å². The SMILES string of the molecule is N#Cc1cc(Cl)ccc1CSC1=NC2(CC2)c2cc(-n3nccn3)nnc2S1. The van der Waals surface area contributed by atoms with Crippen molar-refractivity contribution in [1.29, 1.82) is 5.26 Å². The van der Waals surface area contributed by atoms with Crippen LogP contribution in [0.4, 0.5) is 0 Å². The van der Waals surface area contributed by atoms with Gasteiger partial charge in [-0.15, -0.1) is 15.0 Å². The third-order valence-corrected chi connectivity index (χ3v) is 7.02. The van der Waals surface area contributed by atoms with E-state index in [-0.39, 0.29) is 5.54 Å². The zero-order valence-corrected chi connectivity index (χ0v) is 16.8. The molecule has 3 aromatic rings. The summed E-state index contributed by atoms with van der Waals surface area (Å²) in [5.74, 6) is 1.25. The summed E-state index contributed by atoms with van der Waals surface area (Å²) in [4.78, 5) is 6.46. The van der Waals surface area contributed by atoms with Crippen LogP contribution in [0.1, 0.15) is 29.5 Å². The lowest BCUT2D eigenvalue weighted by Crippen LogP contribution is -2.16. The molecular formula is C18H12ClN7S2. The zero-order chi connectivity index (χ0) is 19.1. The second-order valence-electron chi connectivity index (χ2n) is 6.45. The molecule has 1 saturated carbocycles. The van der Waals surface area contributed by atoms with Gasteiger partial charge in [0.05, 0.1) is 29.6 Å². The van der Waals surface area contributed by atoms with Gasteiger partial charge in [-0.25, -0.2) is 0 Å². The third-order valence-electron chi connectivity index (χ3n) is 4.63. The Morgan fingerprint density at radius 3 is 2.79 bits per heavy atom. The predicted octanol–water partition coefficient (Wildman–Crippen LogP) is 3.97. The van der Waals surface area contributed by atoms with E-state index < -0.39 is 0 Å². The highest BCUT2D eigenvalue weighted by Crippen LogP contribution is 2.56. The summed E-state index contributed by atoms with van der Waals surface area (Å²) < 4.78 is 0.947. The maximum atomic E-state index is 9.32. The van der Waals surface area contributed by atoms with Gasteiger partial charge in [-0.1, -0.05) is 29.4 Å². The number of fused-ring (bicyclic) bond motifs is 2. The number of nitrogens with zero attached hydrogens (tertiary/aromatic N) is 7. The van der Waals surface area contributed by atoms with Crippen molar-refractivity contribution in [2.75, 3.05) is 0 Å². The van der Waals surface area contributed by atoms with Gasteiger partial charge in [0.1, 0.15) is 9.40 Å². The second kappa shape index (κ2) is 6.88. The predicted molar refractivity (Wildman–Crippen MR) is 109 cm³/mol. The van der Waals surface area contributed by atoms with Crippen molar-refractivity contribution in [3.63, 3.8) is 0 Å². The van der Waals surface area contributed by atoms with Crippen LogP contribution in [0.5, 0.6) is 0 Å². The van der Waals surface area contributed by atoms with Crippen LogP contribution in [0, 0.1) is 11.3 Å². The molecule has 0 amide bonds. The summed E-state index contributed by atoms with van der Waals surface area (Å²) in [6.45, 7) is 0. The Morgan fingerprint density at radius 1 is 1.21 bits per heavy atom. The fraction of sp³-hybridized carbons (Fsp3) is 0.222. The van der Waals surface area contributed by atoms with Gasteiger partial charge in [0.2, 0.25) is 0 Å². The molecule has 0 radical (unpaired) electrons. The van der Waals surface area contributed by atoms with E-state index in [1.165, 1.54) is 16.6 Å². The number of aliphatic imine (C=N–C) groups is 1. The average molecular weight is 426 g/mol. The second-order valence-corrected chi connectivity index (χ2v) is 9.09. The maximum absolute atomic E-state index is 9.32. The lowest BCUT2D eigenvalue weighted by Gasteiger charge is -2.21. The highest BCUT2D eigenvalue weighted by atomic mass is 35.5. The number of thioether (sulfide) groups is 2. The summed E-state index contributed by atoms with van der Waals surface area (Å²) in [6.07, 6.45) is 5.21. The summed E-state index contributed by atoms with van der Waals surface area (Å²) in [5.41, 5.74) is 2.42. The normalized spacial score (nSPS) is 16.4. The van der Waals surface area contributed by atoms with E-state index in [0.717, 1.165) is 33.4 Å². The van der Waals surface area contributed by atoms with Crippen molar-refractivity contribution in [2.24, 2.45) is 4.99 Å².